The van der Waals surface area contributed by atoms with Crippen LogP contribution in [-0.4, -0.2) is 58.3 Å². The van der Waals surface area contributed by atoms with Gasteiger partial charge in [-0.3, -0.25) is 4.90 Å². The van der Waals surface area contributed by atoms with E-state index in [-0.39, 0.29) is 5.04 Å². The van der Waals surface area contributed by atoms with E-state index in [1.807, 2.05) is 13.8 Å². The van der Waals surface area contributed by atoms with Crippen molar-refractivity contribution in [1.82, 2.24) is 4.90 Å². The highest BCUT2D eigenvalue weighted by molar-refractivity contribution is 8.09. The first-order valence-electron chi connectivity index (χ1n) is 13.6. The summed E-state index contributed by atoms with van der Waals surface area (Å²) in [4.78, 5) is 2.67. The van der Waals surface area contributed by atoms with E-state index < -0.39 is 14.8 Å². The van der Waals surface area contributed by atoms with Crippen LogP contribution in [0.3, 0.4) is 0 Å². The Morgan fingerprint density at radius 1 is 0.944 bits per heavy atom. The van der Waals surface area contributed by atoms with Gasteiger partial charge in [-0.05, 0) is 72.3 Å². The van der Waals surface area contributed by atoms with Gasteiger partial charge in [-0.1, -0.05) is 81.4 Å². The second-order valence-corrected chi connectivity index (χ2v) is 19.4. The number of rotatable bonds is 11. The molecule has 7 heteroatoms. The molecule has 0 radical (unpaired) electrons. The van der Waals surface area contributed by atoms with Gasteiger partial charge in [0.05, 0.1) is 19.8 Å². The Morgan fingerprint density at radius 2 is 1.50 bits per heavy atom. The Hall–Kier alpha value is -0.853. The fourth-order valence-electron chi connectivity index (χ4n) is 6.44. The Labute approximate surface area is 225 Å². The van der Waals surface area contributed by atoms with Crippen LogP contribution in [0.15, 0.2) is 60.7 Å². The van der Waals surface area contributed by atoms with Gasteiger partial charge in [0.1, 0.15) is 0 Å². The van der Waals surface area contributed by atoms with Crippen LogP contribution < -0.4 is 10.4 Å². The van der Waals surface area contributed by atoms with Crippen LogP contribution in [0.25, 0.3) is 0 Å². The molecule has 3 aliphatic rings. The Balaban J connectivity index is 1.55. The Bertz CT molecular complexity index is 967. The van der Waals surface area contributed by atoms with E-state index in [1.165, 1.54) is 23.2 Å². The summed E-state index contributed by atoms with van der Waals surface area (Å²) in [6.07, 6.45) is 3.32. The van der Waals surface area contributed by atoms with Gasteiger partial charge >= 0.3 is 0 Å². The largest absolute Gasteiger partial charge is 0.406 e. The fourth-order valence-corrected chi connectivity index (χ4v) is 14.3. The van der Waals surface area contributed by atoms with Crippen molar-refractivity contribution in [2.75, 3.05) is 39.1 Å². The molecule has 0 spiro atoms. The van der Waals surface area contributed by atoms with E-state index in [0.717, 1.165) is 25.9 Å². The summed E-state index contributed by atoms with van der Waals surface area (Å²) < 4.78 is 19.3. The first-order valence-corrected chi connectivity index (χ1v) is 18.3. The maximum absolute atomic E-state index is 7.31. The lowest BCUT2D eigenvalue weighted by molar-refractivity contribution is -0.0122. The van der Waals surface area contributed by atoms with Crippen molar-refractivity contribution < 1.29 is 13.5 Å². The molecule has 0 aliphatic carbocycles. The second-order valence-electron chi connectivity index (χ2n) is 11.3. The summed E-state index contributed by atoms with van der Waals surface area (Å²) in [5, 5.41) is 2.71. The molecular formula is C29H44NO3PSSi. The van der Waals surface area contributed by atoms with Gasteiger partial charge in [-0.25, -0.2) is 0 Å². The van der Waals surface area contributed by atoms with Gasteiger partial charge in [-0.15, -0.1) is 0 Å². The van der Waals surface area contributed by atoms with E-state index in [1.54, 1.807) is 0 Å². The van der Waals surface area contributed by atoms with Crippen molar-refractivity contribution in [2.24, 2.45) is 11.8 Å². The molecule has 0 saturated carbocycles. The third kappa shape index (κ3) is 5.91. The Morgan fingerprint density at radius 3 is 1.94 bits per heavy atom. The molecule has 3 fully saturated rings. The van der Waals surface area contributed by atoms with Crippen molar-refractivity contribution in [1.29, 1.82) is 0 Å². The molecule has 2 aromatic rings. The molecule has 2 bridgehead atoms. The molecule has 3 heterocycles. The summed E-state index contributed by atoms with van der Waals surface area (Å²) in [6.45, 7) is 13.2. The van der Waals surface area contributed by atoms with Crippen LogP contribution in [0.2, 0.25) is 5.04 Å². The van der Waals surface area contributed by atoms with Gasteiger partial charge in [0, 0.05) is 18.7 Å². The molecule has 0 amide bonds. The minimum atomic E-state index is -2.52. The minimum absolute atomic E-state index is 0.00263. The molecular weight excluding hydrogens is 501 g/mol. The highest BCUT2D eigenvalue weighted by Gasteiger charge is 2.51. The molecule has 4 atom stereocenters. The molecule has 4 nitrogen and oxygen atoms in total. The average molecular weight is 546 g/mol. The first kappa shape index (κ1) is 28.2. The maximum atomic E-state index is 7.31. The minimum Gasteiger partial charge on any atom is -0.406 e. The monoisotopic (exact) mass is 545 g/mol. The topological polar surface area (TPSA) is 30.9 Å². The molecule has 3 saturated heterocycles. The highest BCUT2D eigenvalue weighted by Crippen LogP contribution is 2.53. The quantitative estimate of drug-likeness (QED) is 0.269. The maximum Gasteiger partial charge on any atom is 0.261 e. The van der Waals surface area contributed by atoms with Gasteiger partial charge in [-0.2, -0.15) is 0 Å². The van der Waals surface area contributed by atoms with E-state index in [2.05, 4.69) is 86.3 Å². The van der Waals surface area contributed by atoms with E-state index in [9.17, 15) is 0 Å². The van der Waals surface area contributed by atoms with Crippen molar-refractivity contribution in [3.05, 3.63) is 60.7 Å². The van der Waals surface area contributed by atoms with Crippen LogP contribution in [-0.2, 0) is 25.3 Å². The first-order chi connectivity index (χ1) is 17.2. The normalized spacial score (nSPS) is 24.7. The number of benzene rings is 2. The highest BCUT2D eigenvalue weighted by atomic mass is 32.5. The lowest BCUT2D eigenvalue weighted by Gasteiger charge is -2.52. The molecule has 0 aromatic heterocycles. The Kier molecular flexibility index (Phi) is 9.31. The van der Waals surface area contributed by atoms with Crippen LogP contribution in [0.5, 0.6) is 0 Å². The summed E-state index contributed by atoms with van der Waals surface area (Å²) in [7, 11) is -2.52. The van der Waals surface area contributed by atoms with Crippen molar-refractivity contribution in [3.8, 4) is 0 Å². The number of hydrogen-bond donors (Lipinski definition) is 0. The van der Waals surface area contributed by atoms with Gasteiger partial charge in [0.15, 0.2) is 6.49 Å². The molecule has 2 aromatic carbocycles. The fraction of sp³-hybridized carbons (Fsp3) is 0.586. The third-order valence-corrected chi connectivity index (χ3v) is 16.3. The van der Waals surface area contributed by atoms with Crippen molar-refractivity contribution in [2.45, 2.75) is 58.5 Å². The average Bonchev–Trinajstić information content (AvgIpc) is 2.86. The van der Waals surface area contributed by atoms with E-state index in [4.69, 9.17) is 25.3 Å². The van der Waals surface area contributed by atoms with E-state index >= 15 is 0 Å². The lowest BCUT2D eigenvalue weighted by Crippen LogP contribution is -2.68. The van der Waals surface area contributed by atoms with Crippen LogP contribution in [0, 0.1) is 11.8 Å². The zero-order chi connectivity index (χ0) is 25.8. The summed E-state index contributed by atoms with van der Waals surface area (Å²) >= 11 is 5.90. The lowest BCUT2D eigenvalue weighted by atomic mass is 9.76. The zero-order valence-electron chi connectivity index (χ0n) is 22.7. The van der Waals surface area contributed by atoms with Gasteiger partial charge in [0.2, 0.25) is 0 Å². The molecule has 1 unspecified atom stereocenters. The number of piperidine rings is 3. The molecule has 36 heavy (non-hydrogen) atoms. The number of fused-ring (bicyclic) bond motifs is 3. The smallest absolute Gasteiger partial charge is 0.261 e. The number of hydrogen-bond acceptors (Lipinski definition) is 5. The SMILES string of the molecule is CCOP(=S)(C[C@H]1CN2CC[C@@H]1C[C@H]2CO[Si](c1ccccc1)(c1ccccc1)C(C)(C)C)OCC. The van der Waals surface area contributed by atoms with Gasteiger partial charge < -0.3 is 13.5 Å². The van der Waals surface area contributed by atoms with Gasteiger partial charge in [0.25, 0.3) is 8.32 Å². The molecule has 3 aliphatic heterocycles. The third-order valence-electron chi connectivity index (χ3n) is 8.03. The molecule has 5 rings (SSSR count). The van der Waals surface area contributed by atoms with Crippen LogP contribution >= 0.6 is 6.49 Å². The van der Waals surface area contributed by atoms with Crippen LogP contribution in [0.4, 0.5) is 0 Å². The molecule has 0 N–H and O–H groups in total. The summed E-state index contributed by atoms with van der Waals surface area (Å²) in [6, 6.07) is 22.4. The standard InChI is InChI=1S/C29H44NO3PSSi/c1-6-31-34(35,32-7-2)23-25-21-30-19-18-24(25)20-26(30)22-33-36(29(3,4)5,27-14-10-8-11-15-27)28-16-12-9-13-17-28/h8-17,24-26H,6-7,18-23H2,1-5H3/t24-,25-,26+/m1/s1. The summed E-state index contributed by atoms with van der Waals surface area (Å²) in [5.41, 5.74) is 0. The predicted molar refractivity (Wildman–Crippen MR) is 158 cm³/mol. The predicted octanol–water partition coefficient (Wildman–Crippen LogP) is 5.66. The second kappa shape index (κ2) is 11.9. The number of nitrogens with zero attached hydrogens (tertiary/aromatic N) is 1. The van der Waals surface area contributed by atoms with Crippen molar-refractivity contribution in [3.63, 3.8) is 0 Å². The zero-order valence-corrected chi connectivity index (χ0v) is 25.4. The van der Waals surface area contributed by atoms with Crippen LogP contribution in [0.1, 0.15) is 47.5 Å². The molecule has 198 valence electrons. The van der Waals surface area contributed by atoms with E-state index in [0.29, 0.717) is 31.1 Å². The summed E-state index contributed by atoms with van der Waals surface area (Å²) in [5.74, 6) is 1.23. The van der Waals surface area contributed by atoms with Crippen molar-refractivity contribution >= 4 is 37.0 Å².